The van der Waals surface area contributed by atoms with Gasteiger partial charge in [0.25, 0.3) is 6.47 Å². The van der Waals surface area contributed by atoms with Crippen molar-refractivity contribution in [2.75, 3.05) is 0 Å². The SMILES string of the molecule is C=Cc1ccc2c(c1)CNC2.CC(C)(C)OC=O. The molecule has 1 N–H and O–H groups in total. The largest absolute Gasteiger partial charge is 0.462 e. The maximum absolute atomic E-state index is 9.60. The molecule has 3 heteroatoms. The number of fused-ring (bicyclic) bond motifs is 1. The van der Waals surface area contributed by atoms with E-state index in [1.807, 2.05) is 26.8 Å². The molecule has 0 aromatic heterocycles. The smallest absolute Gasteiger partial charge is 0.293 e. The number of ether oxygens (including phenoxy) is 1. The van der Waals surface area contributed by atoms with Gasteiger partial charge in [-0.2, -0.15) is 0 Å². The third-order valence-electron chi connectivity index (χ3n) is 2.50. The van der Waals surface area contributed by atoms with Crippen LogP contribution in [0.25, 0.3) is 6.08 Å². The van der Waals surface area contributed by atoms with Crippen LogP contribution >= 0.6 is 0 Å². The molecule has 0 spiro atoms. The van der Waals surface area contributed by atoms with Crippen LogP contribution in [0.5, 0.6) is 0 Å². The van der Waals surface area contributed by atoms with Crippen LogP contribution in [0.1, 0.15) is 37.5 Å². The van der Waals surface area contributed by atoms with Crippen molar-refractivity contribution >= 4 is 12.5 Å². The third-order valence-corrected chi connectivity index (χ3v) is 2.50. The summed E-state index contributed by atoms with van der Waals surface area (Å²) in [4.78, 5) is 9.60. The number of benzene rings is 1. The molecule has 98 valence electrons. The molecule has 0 aliphatic carbocycles. The summed E-state index contributed by atoms with van der Waals surface area (Å²) in [6.07, 6.45) is 1.89. The van der Waals surface area contributed by atoms with Crippen LogP contribution in [-0.4, -0.2) is 12.1 Å². The van der Waals surface area contributed by atoms with Gasteiger partial charge in [0.2, 0.25) is 0 Å². The van der Waals surface area contributed by atoms with Gasteiger partial charge in [-0.25, -0.2) is 0 Å². The number of carbonyl (C=O) groups excluding carboxylic acids is 1. The number of carbonyl (C=O) groups is 1. The standard InChI is InChI=1S/C10H11N.C5H10O2/c1-2-8-3-4-9-6-11-7-10(9)5-8;1-5(2,3)7-4-6/h2-5,11H,1,6-7H2;4H,1-3H3. The molecule has 1 aromatic carbocycles. The highest BCUT2D eigenvalue weighted by Crippen LogP contribution is 2.17. The maximum Gasteiger partial charge on any atom is 0.293 e. The lowest BCUT2D eigenvalue weighted by atomic mass is 10.1. The van der Waals surface area contributed by atoms with E-state index in [9.17, 15) is 4.79 Å². The van der Waals surface area contributed by atoms with Crippen molar-refractivity contribution in [3.63, 3.8) is 0 Å². The van der Waals surface area contributed by atoms with Gasteiger partial charge in [0.05, 0.1) is 0 Å². The Kier molecular flexibility index (Phi) is 5.10. The van der Waals surface area contributed by atoms with Crippen LogP contribution in [0.2, 0.25) is 0 Å². The van der Waals surface area contributed by atoms with Crippen molar-refractivity contribution in [1.29, 1.82) is 0 Å². The van der Waals surface area contributed by atoms with Gasteiger partial charge in [0, 0.05) is 13.1 Å². The summed E-state index contributed by atoms with van der Waals surface area (Å²) < 4.78 is 4.55. The van der Waals surface area contributed by atoms with Crippen LogP contribution in [0.4, 0.5) is 0 Å². The number of hydrogen-bond donors (Lipinski definition) is 1. The summed E-state index contributed by atoms with van der Waals surface area (Å²) in [7, 11) is 0. The highest BCUT2D eigenvalue weighted by molar-refractivity contribution is 5.50. The molecule has 0 saturated heterocycles. The molecule has 1 aliphatic heterocycles. The van der Waals surface area contributed by atoms with Crippen molar-refractivity contribution in [2.24, 2.45) is 0 Å². The van der Waals surface area contributed by atoms with Gasteiger partial charge in [-0.05, 0) is 37.5 Å². The van der Waals surface area contributed by atoms with Crippen LogP contribution in [0.3, 0.4) is 0 Å². The number of rotatable bonds is 2. The molecular weight excluding hydrogens is 226 g/mol. The van der Waals surface area contributed by atoms with Crippen molar-refractivity contribution in [3.05, 3.63) is 41.5 Å². The molecule has 3 nitrogen and oxygen atoms in total. The molecule has 0 bridgehead atoms. The first kappa shape index (κ1) is 14.5. The van der Waals surface area contributed by atoms with E-state index in [1.54, 1.807) is 0 Å². The zero-order valence-corrected chi connectivity index (χ0v) is 11.3. The summed E-state index contributed by atoms with van der Waals surface area (Å²) >= 11 is 0. The molecular formula is C15H21NO2. The highest BCUT2D eigenvalue weighted by Gasteiger charge is 2.08. The summed E-state index contributed by atoms with van der Waals surface area (Å²) in [5.74, 6) is 0. The highest BCUT2D eigenvalue weighted by atomic mass is 16.5. The van der Waals surface area contributed by atoms with Gasteiger partial charge in [-0.1, -0.05) is 30.9 Å². The Morgan fingerprint density at radius 2 is 1.94 bits per heavy atom. The summed E-state index contributed by atoms with van der Waals surface area (Å²) in [5.41, 5.74) is 3.74. The lowest BCUT2D eigenvalue weighted by molar-refractivity contribution is -0.138. The Morgan fingerprint density at radius 1 is 1.28 bits per heavy atom. The molecule has 18 heavy (non-hydrogen) atoms. The predicted octanol–water partition coefficient (Wildman–Crippen LogP) is 2.89. The molecule has 0 unspecified atom stereocenters. The summed E-state index contributed by atoms with van der Waals surface area (Å²) in [5, 5.41) is 3.30. The van der Waals surface area contributed by atoms with E-state index in [1.165, 1.54) is 16.7 Å². The van der Waals surface area contributed by atoms with Crippen LogP contribution in [-0.2, 0) is 22.6 Å². The van der Waals surface area contributed by atoms with E-state index in [0.717, 1.165) is 13.1 Å². The van der Waals surface area contributed by atoms with E-state index in [0.29, 0.717) is 6.47 Å². The normalized spacial score (nSPS) is 13.1. The Balaban J connectivity index is 0.000000203. The minimum Gasteiger partial charge on any atom is -0.462 e. The fourth-order valence-electron chi connectivity index (χ4n) is 1.59. The topological polar surface area (TPSA) is 38.3 Å². The average molecular weight is 247 g/mol. The monoisotopic (exact) mass is 247 g/mol. The van der Waals surface area contributed by atoms with Gasteiger partial charge >= 0.3 is 0 Å². The average Bonchev–Trinajstić information content (AvgIpc) is 2.74. The number of nitrogens with one attached hydrogen (secondary N) is 1. The maximum atomic E-state index is 9.60. The molecule has 0 atom stereocenters. The second kappa shape index (κ2) is 6.36. The van der Waals surface area contributed by atoms with Crippen LogP contribution in [0, 0.1) is 0 Å². The van der Waals surface area contributed by atoms with Gasteiger partial charge in [0.1, 0.15) is 5.60 Å². The van der Waals surface area contributed by atoms with Crippen LogP contribution < -0.4 is 5.32 Å². The van der Waals surface area contributed by atoms with Crippen molar-refractivity contribution in [2.45, 2.75) is 39.5 Å². The van der Waals surface area contributed by atoms with E-state index in [2.05, 4.69) is 34.8 Å². The van der Waals surface area contributed by atoms with E-state index in [4.69, 9.17) is 0 Å². The van der Waals surface area contributed by atoms with Gasteiger partial charge in [-0.15, -0.1) is 0 Å². The first-order valence-electron chi connectivity index (χ1n) is 6.02. The molecule has 0 amide bonds. The van der Waals surface area contributed by atoms with Crippen molar-refractivity contribution in [3.8, 4) is 0 Å². The molecule has 1 aliphatic rings. The third kappa shape index (κ3) is 4.72. The second-order valence-corrected chi connectivity index (χ2v) is 5.16. The Hall–Kier alpha value is -1.61. The van der Waals surface area contributed by atoms with E-state index in [-0.39, 0.29) is 5.60 Å². The Labute approximate surface area is 109 Å². The Morgan fingerprint density at radius 3 is 2.44 bits per heavy atom. The van der Waals surface area contributed by atoms with Crippen LogP contribution in [0.15, 0.2) is 24.8 Å². The first-order chi connectivity index (χ1) is 8.46. The fraction of sp³-hybridized carbons (Fsp3) is 0.400. The van der Waals surface area contributed by atoms with Crippen molar-refractivity contribution < 1.29 is 9.53 Å². The molecule has 0 saturated carbocycles. The fourth-order valence-corrected chi connectivity index (χ4v) is 1.59. The molecule has 0 radical (unpaired) electrons. The summed E-state index contributed by atoms with van der Waals surface area (Å²) in [6, 6.07) is 6.48. The minimum atomic E-state index is -0.318. The Bertz CT molecular complexity index is 419. The van der Waals surface area contributed by atoms with E-state index < -0.39 is 0 Å². The lowest BCUT2D eigenvalue weighted by Gasteiger charge is -2.14. The van der Waals surface area contributed by atoms with E-state index >= 15 is 0 Å². The first-order valence-corrected chi connectivity index (χ1v) is 6.02. The summed E-state index contributed by atoms with van der Waals surface area (Å²) in [6.45, 7) is 11.7. The molecule has 2 rings (SSSR count). The quantitative estimate of drug-likeness (QED) is 0.817. The van der Waals surface area contributed by atoms with Gasteiger partial charge < -0.3 is 10.1 Å². The molecule has 0 fully saturated rings. The van der Waals surface area contributed by atoms with Gasteiger partial charge in [-0.3, -0.25) is 4.79 Å². The minimum absolute atomic E-state index is 0.318. The number of hydrogen-bond acceptors (Lipinski definition) is 3. The molecule has 1 aromatic rings. The van der Waals surface area contributed by atoms with Crippen molar-refractivity contribution in [1.82, 2.24) is 5.32 Å². The second-order valence-electron chi connectivity index (χ2n) is 5.16. The van der Waals surface area contributed by atoms with Gasteiger partial charge in [0.15, 0.2) is 0 Å². The lowest BCUT2D eigenvalue weighted by Crippen LogP contribution is -2.17. The molecule has 1 heterocycles. The zero-order chi connectivity index (χ0) is 13.6. The predicted molar refractivity (Wildman–Crippen MR) is 74.0 cm³/mol. The zero-order valence-electron chi connectivity index (χ0n) is 11.3.